The van der Waals surface area contributed by atoms with Gasteiger partial charge in [-0.25, -0.2) is 4.98 Å². The molecule has 3 atom stereocenters. The van der Waals surface area contributed by atoms with Crippen LogP contribution in [0.5, 0.6) is 0 Å². The van der Waals surface area contributed by atoms with E-state index in [9.17, 15) is 9.59 Å². The predicted octanol–water partition coefficient (Wildman–Crippen LogP) is 1.77. The SMILES string of the molecule is CC(=O)N1C[C@H]2CN(C(=O)c3cnccn3)C[C@H]2[C@H]1c1ccccc1. The smallest absolute Gasteiger partial charge is 0.274 e. The van der Waals surface area contributed by atoms with Gasteiger partial charge in [0.05, 0.1) is 12.2 Å². The Morgan fingerprint density at radius 1 is 1.08 bits per heavy atom. The van der Waals surface area contributed by atoms with Crippen molar-refractivity contribution >= 4 is 11.8 Å². The molecule has 0 unspecified atom stereocenters. The number of hydrogen-bond acceptors (Lipinski definition) is 4. The molecule has 0 N–H and O–H groups in total. The summed E-state index contributed by atoms with van der Waals surface area (Å²) in [6.45, 7) is 3.62. The third-order valence-electron chi connectivity index (χ3n) is 5.28. The van der Waals surface area contributed by atoms with Gasteiger partial charge in [-0.1, -0.05) is 30.3 Å². The van der Waals surface area contributed by atoms with Crippen LogP contribution in [-0.4, -0.2) is 51.2 Å². The number of fused-ring (bicyclic) bond motifs is 1. The summed E-state index contributed by atoms with van der Waals surface area (Å²) >= 11 is 0. The van der Waals surface area contributed by atoms with Gasteiger partial charge in [0.15, 0.2) is 0 Å². The first kappa shape index (κ1) is 15.7. The molecular weight excluding hydrogens is 316 g/mol. The molecule has 2 amide bonds. The number of likely N-dealkylation sites (tertiary alicyclic amines) is 2. The Morgan fingerprint density at radius 3 is 2.56 bits per heavy atom. The quantitative estimate of drug-likeness (QED) is 0.838. The van der Waals surface area contributed by atoms with Crippen molar-refractivity contribution in [1.29, 1.82) is 0 Å². The molecule has 0 radical (unpaired) electrons. The van der Waals surface area contributed by atoms with Crippen LogP contribution < -0.4 is 0 Å². The molecule has 2 aromatic rings. The summed E-state index contributed by atoms with van der Waals surface area (Å²) in [5.41, 5.74) is 1.51. The number of benzene rings is 1. The molecule has 25 heavy (non-hydrogen) atoms. The standard InChI is InChI=1S/C19H20N4O2/c1-13(24)23-11-15-10-22(19(25)17-9-20-7-8-21-17)12-16(15)18(23)14-5-3-2-4-6-14/h2-9,15-16,18H,10-12H2,1H3/t15-,16-,18-/m1/s1. The Kier molecular flexibility index (Phi) is 3.95. The molecule has 3 heterocycles. The fourth-order valence-electron chi connectivity index (χ4n) is 4.18. The van der Waals surface area contributed by atoms with Crippen LogP contribution in [0.1, 0.15) is 29.0 Å². The van der Waals surface area contributed by atoms with Crippen LogP contribution in [0.3, 0.4) is 0 Å². The monoisotopic (exact) mass is 336 g/mol. The number of nitrogens with zero attached hydrogens (tertiary/aromatic N) is 4. The second-order valence-corrected chi connectivity index (χ2v) is 6.75. The molecule has 1 aromatic carbocycles. The molecule has 6 nitrogen and oxygen atoms in total. The van der Waals surface area contributed by atoms with E-state index in [1.165, 1.54) is 12.4 Å². The number of carbonyl (C=O) groups excluding carboxylic acids is 2. The minimum absolute atomic E-state index is 0.0309. The van der Waals surface area contributed by atoms with E-state index in [4.69, 9.17) is 0 Å². The third kappa shape index (κ3) is 2.77. The van der Waals surface area contributed by atoms with Gasteiger partial charge >= 0.3 is 0 Å². The first-order valence-electron chi connectivity index (χ1n) is 8.52. The van der Waals surface area contributed by atoms with E-state index >= 15 is 0 Å². The van der Waals surface area contributed by atoms with Crippen molar-refractivity contribution in [1.82, 2.24) is 19.8 Å². The average Bonchev–Trinajstić information content (AvgIpc) is 3.20. The summed E-state index contributed by atoms with van der Waals surface area (Å²) in [4.78, 5) is 36.7. The van der Waals surface area contributed by atoms with Crippen molar-refractivity contribution in [2.45, 2.75) is 13.0 Å². The van der Waals surface area contributed by atoms with Gasteiger partial charge in [0.25, 0.3) is 5.91 Å². The van der Waals surface area contributed by atoms with E-state index in [2.05, 4.69) is 22.1 Å². The van der Waals surface area contributed by atoms with E-state index < -0.39 is 0 Å². The first-order chi connectivity index (χ1) is 12.1. The van der Waals surface area contributed by atoms with Crippen molar-refractivity contribution in [2.24, 2.45) is 11.8 Å². The molecule has 6 heteroatoms. The second-order valence-electron chi connectivity index (χ2n) is 6.75. The molecule has 128 valence electrons. The highest BCUT2D eigenvalue weighted by molar-refractivity contribution is 5.92. The molecule has 2 saturated heterocycles. The molecular formula is C19H20N4O2. The lowest BCUT2D eigenvalue weighted by Gasteiger charge is -2.29. The van der Waals surface area contributed by atoms with Gasteiger partial charge in [0.2, 0.25) is 5.91 Å². The van der Waals surface area contributed by atoms with E-state index in [1.807, 2.05) is 28.0 Å². The lowest BCUT2D eigenvalue weighted by atomic mass is 9.89. The molecule has 0 saturated carbocycles. The van der Waals surface area contributed by atoms with Gasteiger partial charge in [-0.15, -0.1) is 0 Å². The summed E-state index contributed by atoms with van der Waals surface area (Å²) in [7, 11) is 0. The van der Waals surface area contributed by atoms with Gasteiger partial charge < -0.3 is 9.80 Å². The van der Waals surface area contributed by atoms with Crippen molar-refractivity contribution in [2.75, 3.05) is 19.6 Å². The Balaban J connectivity index is 1.59. The second kappa shape index (κ2) is 6.27. The lowest BCUT2D eigenvalue weighted by Crippen LogP contribution is -2.36. The molecule has 0 aliphatic carbocycles. The first-order valence-corrected chi connectivity index (χ1v) is 8.52. The molecule has 0 bridgehead atoms. The fourth-order valence-corrected chi connectivity index (χ4v) is 4.18. The summed E-state index contributed by atoms with van der Waals surface area (Å²) in [5.74, 6) is 0.570. The van der Waals surface area contributed by atoms with Gasteiger partial charge in [-0.3, -0.25) is 14.6 Å². The van der Waals surface area contributed by atoms with Gasteiger partial charge in [-0.05, 0) is 5.56 Å². The average molecular weight is 336 g/mol. The van der Waals surface area contributed by atoms with E-state index in [0.717, 1.165) is 5.56 Å². The fraction of sp³-hybridized carbons (Fsp3) is 0.368. The Bertz CT molecular complexity index is 781. The zero-order valence-corrected chi connectivity index (χ0v) is 14.1. The highest BCUT2D eigenvalue weighted by Crippen LogP contribution is 2.45. The highest BCUT2D eigenvalue weighted by Gasteiger charge is 2.49. The van der Waals surface area contributed by atoms with Crippen molar-refractivity contribution in [3.63, 3.8) is 0 Å². The van der Waals surface area contributed by atoms with E-state index in [-0.39, 0.29) is 23.8 Å². The van der Waals surface area contributed by atoms with Crippen LogP contribution in [0.25, 0.3) is 0 Å². The molecule has 2 aliphatic heterocycles. The van der Waals surface area contributed by atoms with Crippen LogP contribution in [0.2, 0.25) is 0 Å². The van der Waals surface area contributed by atoms with Crippen molar-refractivity contribution < 1.29 is 9.59 Å². The maximum atomic E-state index is 12.7. The zero-order valence-electron chi connectivity index (χ0n) is 14.1. The molecule has 1 aromatic heterocycles. The van der Waals surface area contributed by atoms with E-state index in [0.29, 0.717) is 31.2 Å². The predicted molar refractivity (Wildman–Crippen MR) is 91.5 cm³/mol. The largest absolute Gasteiger partial charge is 0.337 e. The topological polar surface area (TPSA) is 66.4 Å². The maximum absolute atomic E-state index is 12.7. The zero-order chi connectivity index (χ0) is 17.4. The van der Waals surface area contributed by atoms with Crippen LogP contribution in [0, 0.1) is 11.8 Å². The molecule has 2 fully saturated rings. The summed E-state index contributed by atoms with van der Waals surface area (Å²) < 4.78 is 0. The normalized spacial score (nSPS) is 25.1. The third-order valence-corrected chi connectivity index (χ3v) is 5.28. The van der Waals surface area contributed by atoms with Gasteiger partial charge in [0, 0.05) is 50.8 Å². The summed E-state index contributed by atoms with van der Waals surface area (Å²) in [5, 5.41) is 0. The van der Waals surface area contributed by atoms with Crippen LogP contribution in [0.4, 0.5) is 0 Å². The number of aromatic nitrogens is 2. The van der Waals surface area contributed by atoms with E-state index in [1.54, 1.807) is 13.1 Å². The number of rotatable bonds is 2. The summed E-state index contributed by atoms with van der Waals surface area (Å²) in [6.07, 6.45) is 4.60. The van der Waals surface area contributed by atoms with Crippen LogP contribution >= 0.6 is 0 Å². The van der Waals surface area contributed by atoms with Gasteiger partial charge in [0.1, 0.15) is 5.69 Å². The van der Waals surface area contributed by atoms with Crippen molar-refractivity contribution in [3.05, 3.63) is 60.2 Å². The highest BCUT2D eigenvalue weighted by atomic mass is 16.2. The molecule has 0 spiro atoms. The summed E-state index contributed by atoms with van der Waals surface area (Å²) in [6, 6.07) is 10.1. The van der Waals surface area contributed by atoms with Crippen LogP contribution in [-0.2, 0) is 4.79 Å². The Hall–Kier alpha value is -2.76. The Morgan fingerprint density at radius 2 is 1.88 bits per heavy atom. The maximum Gasteiger partial charge on any atom is 0.274 e. The lowest BCUT2D eigenvalue weighted by molar-refractivity contribution is -0.130. The number of hydrogen-bond donors (Lipinski definition) is 0. The Labute approximate surface area is 146 Å². The number of carbonyl (C=O) groups is 2. The minimum Gasteiger partial charge on any atom is -0.337 e. The minimum atomic E-state index is -0.0799. The molecule has 4 rings (SSSR count). The molecule has 2 aliphatic rings. The van der Waals surface area contributed by atoms with Crippen LogP contribution in [0.15, 0.2) is 48.9 Å². The van der Waals surface area contributed by atoms with Gasteiger partial charge in [-0.2, -0.15) is 0 Å². The number of amides is 2. The van der Waals surface area contributed by atoms with Crippen molar-refractivity contribution in [3.8, 4) is 0 Å².